The molecule has 0 atom stereocenters. The van der Waals surface area contributed by atoms with Gasteiger partial charge in [0.15, 0.2) is 5.82 Å². The van der Waals surface area contributed by atoms with E-state index >= 15 is 0 Å². The van der Waals surface area contributed by atoms with Gasteiger partial charge in [0.05, 0.1) is 172 Å². The summed E-state index contributed by atoms with van der Waals surface area (Å²) in [7, 11) is 0. The molecule has 66 heavy (non-hydrogen) atoms. The summed E-state index contributed by atoms with van der Waals surface area (Å²) in [6.45, 7) is 19.8. The topological polar surface area (TPSA) is 239 Å². The van der Waals surface area contributed by atoms with Gasteiger partial charge in [0, 0.05) is 25.1 Å². The van der Waals surface area contributed by atoms with Gasteiger partial charge in [-0.3, -0.25) is 4.79 Å². The average molecular weight is 945 g/mol. The van der Waals surface area contributed by atoms with E-state index in [1.54, 1.807) is 6.92 Å². The van der Waals surface area contributed by atoms with Crippen LogP contribution in [0.1, 0.15) is 38.6 Å². The fourth-order valence-electron chi connectivity index (χ4n) is 4.90. The Balaban J connectivity index is 1.16. The molecule has 0 bridgehead atoms. The molecule has 0 unspecified atom stereocenters. The molecule has 0 aliphatic heterocycles. The van der Waals surface area contributed by atoms with Gasteiger partial charge in [-0.05, 0) is 33.3 Å². The first-order valence-corrected chi connectivity index (χ1v) is 22.6. The van der Waals surface area contributed by atoms with Crippen LogP contribution in [-0.4, -0.2) is 216 Å². The largest absolute Gasteiger partial charge is 0.444 e. The number of benzene rings is 1. The van der Waals surface area contributed by atoms with Gasteiger partial charge in [0.25, 0.3) is 0 Å². The Labute approximate surface area is 389 Å². The van der Waals surface area contributed by atoms with Crippen molar-refractivity contribution < 1.29 is 75.9 Å². The van der Waals surface area contributed by atoms with Gasteiger partial charge in [0.2, 0.25) is 11.7 Å². The van der Waals surface area contributed by atoms with E-state index < -0.39 is 11.7 Å². The van der Waals surface area contributed by atoms with Crippen LogP contribution in [0, 0.1) is 6.92 Å². The van der Waals surface area contributed by atoms with E-state index in [1.165, 1.54) is 0 Å². The summed E-state index contributed by atoms with van der Waals surface area (Å²) in [6, 6.07) is 7.55. The first kappa shape index (κ1) is 58.5. The maximum absolute atomic E-state index is 12.1. The Morgan fingerprint density at radius 2 is 0.758 bits per heavy atom. The Morgan fingerprint density at radius 3 is 1.09 bits per heavy atom. The smallest absolute Gasteiger partial charge is 0.407 e. The molecule has 0 aliphatic rings. The Hall–Kier alpha value is -3.62. The van der Waals surface area contributed by atoms with Gasteiger partial charge in [-0.2, -0.15) is 0 Å². The van der Waals surface area contributed by atoms with Crippen LogP contribution in [0.2, 0.25) is 0 Å². The molecule has 0 saturated carbocycles. The van der Waals surface area contributed by atoms with E-state index in [9.17, 15) is 9.59 Å². The Kier molecular flexibility index (Phi) is 36.8. The highest BCUT2D eigenvalue weighted by molar-refractivity contribution is 5.76. The molecule has 0 radical (unpaired) electrons. The minimum atomic E-state index is -0.520. The molecular weight excluding hydrogens is 869 g/mol. The molecule has 22 nitrogen and oxygen atoms in total. The maximum atomic E-state index is 12.1. The number of amides is 2. The fraction of sp³-hybridized carbons (Fsp3) is 0.773. The van der Waals surface area contributed by atoms with Crippen molar-refractivity contribution in [2.75, 3.05) is 178 Å². The first-order valence-electron chi connectivity index (χ1n) is 22.6. The van der Waals surface area contributed by atoms with Crippen molar-refractivity contribution in [2.45, 2.75) is 46.3 Å². The predicted molar refractivity (Wildman–Crippen MR) is 239 cm³/mol. The van der Waals surface area contributed by atoms with Crippen LogP contribution >= 0.6 is 0 Å². The third kappa shape index (κ3) is 37.5. The van der Waals surface area contributed by atoms with Crippen LogP contribution in [0.15, 0.2) is 24.3 Å². The number of rotatable bonds is 45. The van der Waals surface area contributed by atoms with Crippen molar-refractivity contribution in [2.24, 2.45) is 0 Å². The number of aromatic nitrogens is 4. The predicted octanol–water partition coefficient (Wildman–Crippen LogP) is 1.99. The third-order valence-corrected chi connectivity index (χ3v) is 8.13. The van der Waals surface area contributed by atoms with Crippen LogP contribution in [0.25, 0.3) is 11.4 Å². The molecule has 2 amide bonds. The standard InChI is InChI=1S/C44H76N6O16/c1-38-47-49-42(50-48-38)40-7-5-39(6-8-40)37-46-41(51)9-11-53-13-15-55-17-19-57-21-23-59-25-27-61-29-31-63-33-35-65-36-34-64-32-30-62-28-26-60-24-22-58-20-18-56-16-14-54-12-10-45-43(52)66-44(2,3)4/h5-8H,9-37H2,1-4H3,(H,45,52)(H,46,51). The summed E-state index contributed by atoms with van der Waals surface area (Å²) in [5, 5.41) is 21.4. The van der Waals surface area contributed by atoms with E-state index in [0.717, 1.165) is 11.1 Å². The summed E-state index contributed by atoms with van der Waals surface area (Å²) in [4.78, 5) is 23.7. The number of hydrogen-bond acceptors (Lipinski definition) is 20. The second-order valence-electron chi connectivity index (χ2n) is 14.9. The highest BCUT2D eigenvalue weighted by atomic mass is 16.6. The van der Waals surface area contributed by atoms with E-state index in [1.807, 2.05) is 45.0 Å². The molecule has 2 N–H and O–H groups in total. The zero-order valence-corrected chi connectivity index (χ0v) is 39.6. The second-order valence-corrected chi connectivity index (χ2v) is 14.9. The number of nitrogens with one attached hydrogen (secondary N) is 2. The Morgan fingerprint density at radius 1 is 0.439 bits per heavy atom. The van der Waals surface area contributed by atoms with Crippen LogP contribution < -0.4 is 10.6 Å². The summed E-state index contributed by atoms with van der Waals surface area (Å²) in [5.74, 6) is 0.875. The van der Waals surface area contributed by atoms with Crippen LogP contribution in [-0.2, 0) is 77.7 Å². The molecular formula is C44H76N6O16. The SMILES string of the molecule is Cc1nnc(-c2ccc(CNC(=O)CCOCCOCCOCCOCCOCCOCCOCCOCCOCCOCCOCCOCCOCCNC(=O)OC(C)(C)C)cc2)nn1. The number of carbonyl (C=O) groups is 2. The van der Waals surface area contributed by atoms with Gasteiger partial charge in [0.1, 0.15) is 5.60 Å². The molecule has 0 spiro atoms. The molecule has 1 heterocycles. The van der Waals surface area contributed by atoms with E-state index in [4.69, 9.17) is 66.3 Å². The Bertz CT molecular complexity index is 1430. The fourth-order valence-corrected chi connectivity index (χ4v) is 4.90. The van der Waals surface area contributed by atoms with Gasteiger partial charge in [-0.25, -0.2) is 4.79 Å². The molecule has 1 aromatic carbocycles. The summed E-state index contributed by atoms with van der Waals surface area (Å²) in [5.41, 5.74) is 1.24. The number of alkyl carbamates (subject to hydrolysis) is 1. The monoisotopic (exact) mass is 945 g/mol. The first-order chi connectivity index (χ1) is 32.2. The minimum Gasteiger partial charge on any atom is -0.444 e. The molecule has 22 heteroatoms. The van der Waals surface area contributed by atoms with E-state index in [-0.39, 0.29) is 12.3 Å². The van der Waals surface area contributed by atoms with Crippen molar-refractivity contribution in [3.8, 4) is 11.4 Å². The van der Waals surface area contributed by atoms with E-state index in [0.29, 0.717) is 197 Å². The average Bonchev–Trinajstić information content (AvgIpc) is 3.30. The molecule has 2 rings (SSSR count). The number of hydrogen-bond donors (Lipinski definition) is 2. The lowest BCUT2D eigenvalue weighted by atomic mass is 10.1. The second kappa shape index (κ2) is 41.6. The van der Waals surface area contributed by atoms with Crippen LogP contribution in [0.3, 0.4) is 0 Å². The van der Waals surface area contributed by atoms with E-state index in [2.05, 4.69) is 31.0 Å². The van der Waals surface area contributed by atoms with Crippen molar-refractivity contribution in [1.29, 1.82) is 0 Å². The highest BCUT2D eigenvalue weighted by Gasteiger charge is 2.15. The zero-order valence-electron chi connectivity index (χ0n) is 39.6. The van der Waals surface area contributed by atoms with Crippen molar-refractivity contribution in [1.82, 2.24) is 31.0 Å². The molecule has 0 aliphatic carbocycles. The van der Waals surface area contributed by atoms with Crippen LogP contribution in [0.4, 0.5) is 4.79 Å². The van der Waals surface area contributed by atoms with Gasteiger partial charge in [-0.15, -0.1) is 20.4 Å². The number of aryl methyl sites for hydroxylation is 1. The molecule has 0 saturated heterocycles. The number of carbonyl (C=O) groups excluding carboxylic acids is 2. The summed E-state index contributed by atoms with van der Waals surface area (Å²) < 4.78 is 76.5. The lowest BCUT2D eigenvalue weighted by Gasteiger charge is -2.19. The van der Waals surface area contributed by atoms with Crippen LogP contribution in [0.5, 0.6) is 0 Å². The van der Waals surface area contributed by atoms with Crippen molar-refractivity contribution in [3.63, 3.8) is 0 Å². The van der Waals surface area contributed by atoms with Gasteiger partial charge < -0.3 is 76.9 Å². The lowest BCUT2D eigenvalue weighted by Crippen LogP contribution is -2.34. The van der Waals surface area contributed by atoms with Crippen molar-refractivity contribution >= 4 is 12.0 Å². The van der Waals surface area contributed by atoms with Crippen molar-refractivity contribution in [3.05, 3.63) is 35.7 Å². The third-order valence-electron chi connectivity index (χ3n) is 8.13. The molecule has 378 valence electrons. The summed E-state index contributed by atoms with van der Waals surface area (Å²) >= 11 is 0. The zero-order chi connectivity index (χ0) is 47.4. The molecule has 2 aromatic rings. The number of nitrogens with zero attached hydrogens (tertiary/aromatic N) is 4. The molecule has 1 aromatic heterocycles. The quantitative estimate of drug-likeness (QED) is 0.0903. The van der Waals surface area contributed by atoms with Gasteiger partial charge >= 0.3 is 6.09 Å². The number of ether oxygens (including phenoxy) is 14. The maximum Gasteiger partial charge on any atom is 0.407 e. The molecule has 0 fully saturated rings. The summed E-state index contributed by atoms with van der Waals surface area (Å²) in [6.07, 6.45) is -0.195. The highest BCUT2D eigenvalue weighted by Crippen LogP contribution is 2.14. The minimum absolute atomic E-state index is 0.0917. The lowest BCUT2D eigenvalue weighted by molar-refractivity contribution is -0.122. The van der Waals surface area contributed by atoms with Gasteiger partial charge in [-0.1, -0.05) is 24.3 Å². The normalized spacial score (nSPS) is 11.6.